The lowest BCUT2D eigenvalue weighted by atomic mass is 9.94. The van der Waals surface area contributed by atoms with Gasteiger partial charge in [0.05, 0.1) is 6.04 Å². The standard InChI is InChI=1S/C24H29N3O4/c1-3-15(2)22(24(29)26-18-8-9-20-21(13-18)31-11-10-30-20)27-23(28)19-12-16-6-4-5-7-17(16)14-25-19/h4-9,13,15,19,22,25H,3,10-12,14H2,1-2H3,(H,26,29)(H,27,28)/t15-,19-,22-/m0/s1. The van der Waals surface area contributed by atoms with Crippen molar-refractivity contribution in [1.29, 1.82) is 0 Å². The summed E-state index contributed by atoms with van der Waals surface area (Å²) < 4.78 is 11.1. The molecule has 3 N–H and O–H groups in total. The summed E-state index contributed by atoms with van der Waals surface area (Å²) in [5, 5.41) is 9.19. The fourth-order valence-electron chi connectivity index (χ4n) is 3.94. The number of carbonyl (C=O) groups is 2. The van der Waals surface area contributed by atoms with Crippen molar-refractivity contribution in [3.8, 4) is 11.5 Å². The molecule has 2 aromatic carbocycles. The first-order valence-electron chi connectivity index (χ1n) is 10.9. The Hall–Kier alpha value is -3.06. The number of amides is 2. The van der Waals surface area contributed by atoms with Crippen molar-refractivity contribution >= 4 is 17.5 Å². The second kappa shape index (κ2) is 9.39. The molecule has 2 aromatic rings. The van der Waals surface area contributed by atoms with Crippen molar-refractivity contribution in [3.63, 3.8) is 0 Å². The maximum absolute atomic E-state index is 13.1. The number of fused-ring (bicyclic) bond motifs is 2. The van der Waals surface area contributed by atoms with Crippen LogP contribution in [0.5, 0.6) is 11.5 Å². The number of ether oxygens (including phenoxy) is 2. The monoisotopic (exact) mass is 423 g/mol. The van der Waals surface area contributed by atoms with E-state index in [0.29, 0.717) is 43.4 Å². The number of nitrogens with one attached hydrogen (secondary N) is 3. The topological polar surface area (TPSA) is 88.7 Å². The molecule has 0 unspecified atom stereocenters. The molecule has 2 aliphatic heterocycles. The molecule has 2 aliphatic rings. The molecule has 2 heterocycles. The molecule has 0 spiro atoms. The number of hydrogen-bond donors (Lipinski definition) is 3. The van der Waals surface area contributed by atoms with Crippen molar-refractivity contribution < 1.29 is 19.1 Å². The second-order valence-corrected chi connectivity index (χ2v) is 8.13. The van der Waals surface area contributed by atoms with E-state index in [1.165, 1.54) is 11.1 Å². The average molecular weight is 424 g/mol. The molecule has 7 heteroatoms. The summed E-state index contributed by atoms with van der Waals surface area (Å²) >= 11 is 0. The highest BCUT2D eigenvalue weighted by atomic mass is 16.6. The Labute approximate surface area is 182 Å². The number of rotatable bonds is 6. The van der Waals surface area contributed by atoms with E-state index in [1.54, 1.807) is 18.2 Å². The van der Waals surface area contributed by atoms with Gasteiger partial charge in [-0.25, -0.2) is 0 Å². The lowest BCUT2D eigenvalue weighted by Crippen LogP contribution is -2.55. The van der Waals surface area contributed by atoms with E-state index in [1.807, 2.05) is 26.0 Å². The van der Waals surface area contributed by atoms with E-state index >= 15 is 0 Å². The Morgan fingerprint density at radius 3 is 2.61 bits per heavy atom. The van der Waals surface area contributed by atoms with Gasteiger partial charge in [-0.05, 0) is 35.6 Å². The van der Waals surface area contributed by atoms with Crippen LogP contribution in [0.15, 0.2) is 42.5 Å². The number of hydrogen-bond acceptors (Lipinski definition) is 5. The quantitative estimate of drug-likeness (QED) is 0.665. The predicted octanol–water partition coefficient (Wildman–Crippen LogP) is 2.64. The molecule has 0 fully saturated rings. The molecule has 0 bridgehead atoms. The number of anilines is 1. The summed E-state index contributed by atoms with van der Waals surface area (Å²) in [5.74, 6) is 0.864. The number of benzene rings is 2. The van der Waals surface area contributed by atoms with Crippen LogP contribution in [0.4, 0.5) is 5.69 Å². The van der Waals surface area contributed by atoms with Crippen LogP contribution in [0.25, 0.3) is 0 Å². The molecule has 0 aliphatic carbocycles. The fourth-order valence-corrected chi connectivity index (χ4v) is 3.94. The molecule has 2 amide bonds. The van der Waals surface area contributed by atoms with Crippen molar-refractivity contribution in [2.24, 2.45) is 5.92 Å². The van der Waals surface area contributed by atoms with Crippen LogP contribution in [0.1, 0.15) is 31.4 Å². The third kappa shape index (κ3) is 4.82. The van der Waals surface area contributed by atoms with E-state index in [-0.39, 0.29) is 23.8 Å². The Morgan fingerprint density at radius 2 is 1.84 bits per heavy atom. The summed E-state index contributed by atoms with van der Waals surface area (Å²) in [6.07, 6.45) is 1.37. The van der Waals surface area contributed by atoms with E-state index in [2.05, 4.69) is 28.1 Å². The van der Waals surface area contributed by atoms with Crippen LogP contribution >= 0.6 is 0 Å². The summed E-state index contributed by atoms with van der Waals surface area (Å²) in [4.78, 5) is 26.1. The zero-order chi connectivity index (χ0) is 21.8. The first kappa shape index (κ1) is 21.2. The van der Waals surface area contributed by atoms with Crippen LogP contribution in [-0.4, -0.2) is 37.1 Å². The Balaban J connectivity index is 1.43. The molecular weight excluding hydrogens is 394 g/mol. The molecule has 0 radical (unpaired) electrons. The van der Waals surface area contributed by atoms with Crippen molar-refractivity contribution in [1.82, 2.24) is 10.6 Å². The van der Waals surface area contributed by atoms with Gasteiger partial charge in [0.1, 0.15) is 19.3 Å². The van der Waals surface area contributed by atoms with Crippen molar-refractivity contribution in [2.45, 2.75) is 45.3 Å². The first-order chi connectivity index (χ1) is 15.0. The number of carbonyl (C=O) groups excluding carboxylic acids is 2. The summed E-state index contributed by atoms with van der Waals surface area (Å²) in [6, 6.07) is 12.4. The van der Waals surface area contributed by atoms with Crippen LogP contribution in [0.3, 0.4) is 0 Å². The third-order valence-electron chi connectivity index (χ3n) is 6.00. The minimum absolute atomic E-state index is 0.0166. The summed E-state index contributed by atoms with van der Waals surface area (Å²) in [5.41, 5.74) is 2.99. The van der Waals surface area contributed by atoms with E-state index < -0.39 is 6.04 Å². The molecular formula is C24H29N3O4. The van der Waals surface area contributed by atoms with Gasteiger partial charge in [-0.1, -0.05) is 44.5 Å². The Morgan fingerprint density at radius 1 is 1.10 bits per heavy atom. The SMILES string of the molecule is CC[C@H](C)[C@H](NC(=O)[C@@H]1Cc2ccccc2CN1)C(=O)Nc1ccc2c(c1)OCCO2. The van der Waals surface area contributed by atoms with Gasteiger partial charge >= 0.3 is 0 Å². The van der Waals surface area contributed by atoms with E-state index in [4.69, 9.17) is 9.47 Å². The van der Waals surface area contributed by atoms with Gasteiger partial charge < -0.3 is 25.4 Å². The zero-order valence-electron chi connectivity index (χ0n) is 17.9. The molecule has 0 saturated heterocycles. The van der Waals surface area contributed by atoms with E-state index in [9.17, 15) is 9.59 Å². The average Bonchev–Trinajstić information content (AvgIpc) is 2.81. The van der Waals surface area contributed by atoms with Gasteiger partial charge in [0.25, 0.3) is 0 Å². The molecule has 0 saturated carbocycles. The maximum atomic E-state index is 13.1. The molecule has 7 nitrogen and oxygen atoms in total. The van der Waals surface area contributed by atoms with Crippen LogP contribution in [0.2, 0.25) is 0 Å². The van der Waals surface area contributed by atoms with Crippen LogP contribution in [-0.2, 0) is 22.6 Å². The molecule has 4 rings (SSSR count). The van der Waals surface area contributed by atoms with Gasteiger partial charge in [0.15, 0.2) is 11.5 Å². The highest BCUT2D eigenvalue weighted by Crippen LogP contribution is 2.32. The van der Waals surface area contributed by atoms with Gasteiger partial charge in [-0.3, -0.25) is 9.59 Å². The third-order valence-corrected chi connectivity index (χ3v) is 6.00. The minimum Gasteiger partial charge on any atom is -0.486 e. The second-order valence-electron chi connectivity index (χ2n) is 8.13. The molecule has 0 aromatic heterocycles. The highest BCUT2D eigenvalue weighted by molar-refractivity contribution is 5.98. The van der Waals surface area contributed by atoms with Gasteiger partial charge in [-0.15, -0.1) is 0 Å². The van der Waals surface area contributed by atoms with Gasteiger partial charge in [0.2, 0.25) is 11.8 Å². The molecule has 31 heavy (non-hydrogen) atoms. The maximum Gasteiger partial charge on any atom is 0.247 e. The lowest BCUT2D eigenvalue weighted by Gasteiger charge is -2.29. The lowest BCUT2D eigenvalue weighted by molar-refractivity contribution is -0.129. The smallest absolute Gasteiger partial charge is 0.247 e. The van der Waals surface area contributed by atoms with Crippen molar-refractivity contribution in [3.05, 3.63) is 53.6 Å². The molecule has 164 valence electrons. The fraction of sp³-hybridized carbons (Fsp3) is 0.417. The predicted molar refractivity (Wildman–Crippen MR) is 118 cm³/mol. The van der Waals surface area contributed by atoms with Crippen molar-refractivity contribution in [2.75, 3.05) is 18.5 Å². The Kier molecular flexibility index (Phi) is 6.42. The van der Waals surface area contributed by atoms with Gasteiger partial charge in [-0.2, -0.15) is 0 Å². The van der Waals surface area contributed by atoms with Gasteiger partial charge in [0, 0.05) is 18.3 Å². The largest absolute Gasteiger partial charge is 0.486 e. The van der Waals surface area contributed by atoms with Crippen LogP contribution in [0, 0.1) is 5.92 Å². The Bertz CT molecular complexity index is 962. The van der Waals surface area contributed by atoms with E-state index in [0.717, 1.165) is 6.42 Å². The zero-order valence-corrected chi connectivity index (χ0v) is 17.9. The van der Waals surface area contributed by atoms with Crippen LogP contribution < -0.4 is 25.4 Å². The normalized spacial score (nSPS) is 19.0. The summed E-state index contributed by atoms with van der Waals surface area (Å²) in [6.45, 7) is 5.62. The summed E-state index contributed by atoms with van der Waals surface area (Å²) in [7, 11) is 0. The highest BCUT2D eigenvalue weighted by Gasteiger charge is 2.31. The minimum atomic E-state index is -0.635. The molecule has 3 atom stereocenters. The first-order valence-corrected chi connectivity index (χ1v) is 10.9.